The molecule has 0 aliphatic rings. The van der Waals surface area contributed by atoms with Crippen LogP contribution in [0, 0.1) is 5.92 Å². The molecule has 1 atom stereocenters. The van der Waals surface area contributed by atoms with Gasteiger partial charge >= 0.3 is 11.9 Å². The van der Waals surface area contributed by atoms with Gasteiger partial charge in [-0.1, -0.05) is 52.7 Å². The molecule has 0 aliphatic carbocycles. The van der Waals surface area contributed by atoms with Crippen molar-refractivity contribution in [2.45, 2.75) is 91.6 Å². The molecule has 4 heteroatoms. The summed E-state index contributed by atoms with van der Waals surface area (Å²) < 4.78 is 10.5. The molecule has 1 unspecified atom stereocenters. The lowest BCUT2D eigenvalue weighted by Gasteiger charge is -2.19. The SMILES string of the molecule is CCCCC/C=C/CCCOC(=O)CCC(=O)OC(CC)C(C)C. The Balaban J connectivity index is 3.64. The second-order valence-corrected chi connectivity index (χ2v) is 6.51. The molecule has 0 heterocycles. The largest absolute Gasteiger partial charge is 0.466 e. The van der Waals surface area contributed by atoms with Crippen LogP contribution in [0.5, 0.6) is 0 Å². The van der Waals surface area contributed by atoms with E-state index in [1.165, 1.54) is 19.3 Å². The lowest BCUT2D eigenvalue weighted by atomic mass is 10.1. The fraction of sp³-hybridized carbons (Fsp3) is 0.800. The first-order chi connectivity index (χ1) is 11.5. The molecule has 4 nitrogen and oxygen atoms in total. The van der Waals surface area contributed by atoms with Gasteiger partial charge in [0.15, 0.2) is 0 Å². The Kier molecular flexibility index (Phi) is 14.4. The fourth-order valence-electron chi connectivity index (χ4n) is 2.33. The minimum Gasteiger partial charge on any atom is -0.466 e. The maximum Gasteiger partial charge on any atom is 0.306 e. The van der Waals surface area contributed by atoms with Crippen molar-refractivity contribution in [1.82, 2.24) is 0 Å². The predicted octanol–water partition coefficient (Wildman–Crippen LogP) is 5.20. The van der Waals surface area contributed by atoms with E-state index in [9.17, 15) is 9.59 Å². The number of hydrogen-bond acceptors (Lipinski definition) is 4. The van der Waals surface area contributed by atoms with Crippen LogP contribution in [0.3, 0.4) is 0 Å². The van der Waals surface area contributed by atoms with Gasteiger partial charge < -0.3 is 9.47 Å². The first-order valence-corrected chi connectivity index (χ1v) is 9.51. The zero-order valence-corrected chi connectivity index (χ0v) is 16.0. The van der Waals surface area contributed by atoms with Gasteiger partial charge in [-0.15, -0.1) is 0 Å². The number of unbranched alkanes of at least 4 members (excludes halogenated alkanes) is 4. The number of carbonyl (C=O) groups excluding carboxylic acids is 2. The lowest BCUT2D eigenvalue weighted by molar-refractivity contribution is -0.155. The van der Waals surface area contributed by atoms with Gasteiger partial charge in [-0.25, -0.2) is 0 Å². The van der Waals surface area contributed by atoms with Gasteiger partial charge in [-0.3, -0.25) is 9.59 Å². The average Bonchev–Trinajstić information content (AvgIpc) is 2.56. The normalized spacial score (nSPS) is 12.5. The number of carbonyl (C=O) groups is 2. The molecular formula is C20H36O4. The maximum absolute atomic E-state index is 11.7. The van der Waals surface area contributed by atoms with E-state index in [2.05, 4.69) is 19.1 Å². The Labute approximate surface area is 148 Å². The molecule has 0 fully saturated rings. The first kappa shape index (κ1) is 22.7. The summed E-state index contributed by atoms with van der Waals surface area (Å²) in [6.07, 6.45) is 11.9. The number of hydrogen-bond donors (Lipinski definition) is 0. The highest BCUT2D eigenvalue weighted by Gasteiger charge is 2.17. The number of rotatable bonds is 14. The molecule has 0 bridgehead atoms. The molecule has 0 spiro atoms. The smallest absolute Gasteiger partial charge is 0.306 e. The van der Waals surface area contributed by atoms with Crippen LogP contribution in [0.2, 0.25) is 0 Å². The molecule has 0 amide bonds. The minimum absolute atomic E-state index is 0.0716. The molecule has 0 aromatic rings. The maximum atomic E-state index is 11.7. The van der Waals surface area contributed by atoms with Crippen molar-refractivity contribution < 1.29 is 19.1 Å². The highest BCUT2D eigenvalue weighted by molar-refractivity contribution is 5.77. The van der Waals surface area contributed by atoms with E-state index in [0.29, 0.717) is 12.5 Å². The molecule has 0 saturated carbocycles. The molecule has 0 saturated heterocycles. The second-order valence-electron chi connectivity index (χ2n) is 6.51. The highest BCUT2D eigenvalue weighted by atomic mass is 16.5. The van der Waals surface area contributed by atoms with Gasteiger partial charge in [0.2, 0.25) is 0 Å². The molecule has 0 aliphatic heterocycles. The standard InChI is InChI=1S/C20H36O4/c1-5-7-8-9-10-11-12-13-16-23-19(21)14-15-20(22)24-18(6-2)17(3)4/h10-11,17-18H,5-9,12-16H2,1-4H3/b11-10+. The van der Waals surface area contributed by atoms with Crippen LogP contribution in [0.4, 0.5) is 0 Å². The van der Waals surface area contributed by atoms with Crippen LogP contribution in [0.1, 0.15) is 85.5 Å². The number of allylic oxidation sites excluding steroid dienone is 2. The van der Waals surface area contributed by atoms with E-state index >= 15 is 0 Å². The molecule has 0 rings (SSSR count). The summed E-state index contributed by atoms with van der Waals surface area (Å²) in [5, 5.41) is 0. The van der Waals surface area contributed by atoms with Crippen molar-refractivity contribution in [3.8, 4) is 0 Å². The fourth-order valence-corrected chi connectivity index (χ4v) is 2.33. The van der Waals surface area contributed by atoms with Gasteiger partial charge in [0.25, 0.3) is 0 Å². The second kappa shape index (κ2) is 15.2. The van der Waals surface area contributed by atoms with Crippen LogP contribution in [0.25, 0.3) is 0 Å². The quantitative estimate of drug-likeness (QED) is 0.248. The molecule has 0 radical (unpaired) electrons. The minimum atomic E-state index is -0.323. The Bertz CT molecular complexity index is 361. The van der Waals surface area contributed by atoms with Gasteiger partial charge in [0.05, 0.1) is 19.4 Å². The molecule has 0 N–H and O–H groups in total. The zero-order chi connectivity index (χ0) is 18.2. The van der Waals surface area contributed by atoms with Crippen molar-refractivity contribution in [3.63, 3.8) is 0 Å². The molecule has 140 valence electrons. The summed E-state index contributed by atoms with van der Waals surface area (Å²) >= 11 is 0. The van der Waals surface area contributed by atoms with Gasteiger partial charge in [-0.2, -0.15) is 0 Å². The number of ether oxygens (including phenoxy) is 2. The Morgan fingerprint density at radius 1 is 0.917 bits per heavy atom. The Morgan fingerprint density at radius 2 is 1.54 bits per heavy atom. The van der Waals surface area contributed by atoms with Gasteiger partial charge in [0, 0.05) is 0 Å². The lowest BCUT2D eigenvalue weighted by Crippen LogP contribution is -2.23. The van der Waals surface area contributed by atoms with E-state index in [4.69, 9.17) is 9.47 Å². The van der Waals surface area contributed by atoms with E-state index in [-0.39, 0.29) is 30.9 Å². The Hall–Kier alpha value is -1.32. The average molecular weight is 341 g/mol. The van der Waals surface area contributed by atoms with E-state index in [1.54, 1.807) is 0 Å². The van der Waals surface area contributed by atoms with Gasteiger partial charge in [-0.05, 0) is 38.0 Å². The molecule has 0 aromatic carbocycles. The van der Waals surface area contributed by atoms with E-state index < -0.39 is 0 Å². The third-order valence-electron chi connectivity index (χ3n) is 3.88. The summed E-state index contributed by atoms with van der Waals surface area (Å²) in [6.45, 7) is 8.65. The number of esters is 2. The zero-order valence-electron chi connectivity index (χ0n) is 16.0. The first-order valence-electron chi connectivity index (χ1n) is 9.51. The predicted molar refractivity (Wildman–Crippen MR) is 97.7 cm³/mol. The van der Waals surface area contributed by atoms with Crippen molar-refractivity contribution in [3.05, 3.63) is 12.2 Å². The summed E-state index contributed by atoms with van der Waals surface area (Å²) in [6, 6.07) is 0. The van der Waals surface area contributed by atoms with Crippen LogP contribution in [0.15, 0.2) is 12.2 Å². The van der Waals surface area contributed by atoms with Crippen molar-refractivity contribution in [2.24, 2.45) is 5.92 Å². The molecule has 0 aromatic heterocycles. The third kappa shape index (κ3) is 13.1. The Morgan fingerprint density at radius 3 is 2.12 bits per heavy atom. The van der Waals surface area contributed by atoms with Gasteiger partial charge in [0.1, 0.15) is 6.10 Å². The van der Waals surface area contributed by atoms with Crippen LogP contribution in [-0.4, -0.2) is 24.6 Å². The summed E-state index contributed by atoms with van der Waals surface area (Å²) in [5.41, 5.74) is 0. The van der Waals surface area contributed by atoms with Crippen molar-refractivity contribution in [2.75, 3.05) is 6.61 Å². The van der Waals surface area contributed by atoms with E-state index in [0.717, 1.165) is 25.7 Å². The van der Waals surface area contributed by atoms with Crippen LogP contribution >= 0.6 is 0 Å². The van der Waals surface area contributed by atoms with Crippen molar-refractivity contribution >= 4 is 11.9 Å². The monoisotopic (exact) mass is 340 g/mol. The third-order valence-corrected chi connectivity index (χ3v) is 3.88. The highest BCUT2D eigenvalue weighted by Crippen LogP contribution is 2.12. The van der Waals surface area contributed by atoms with E-state index in [1.807, 2.05) is 20.8 Å². The summed E-state index contributed by atoms with van der Waals surface area (Å²) in [5.74, 6) is -0.347. The van der Waals surface area contributed by atoms with Crippen LogP contribution in [-0.2, 0) is 19.1 Å². The topological polar surface area (TPSA) is 52.6 Å². The van der Waals surface area contributed by atoms with Crippen LogP contribution < -0.4 is 0 Å². The molecular weight excluding hydrogens is 304 g/mol. The molecule has 24 heavy (non-hydrogen) atoms. The summed E-state index contributed by atoms with van der Waals surface area (Å²) in [4.78, 5) is 23.3. The summed E-state index contributed by atoms with van der Waals surface area (Å²) in [7, 11) is 0. The van der Waals surface area contributed by atoms with Crippen molar-refractivity contribution in [1.29, 1.82) is 0 Å².